The van der Waals surface area contributed by atoms with Gasteiger partial charge in [0.1, 0.15) is 11.3 Å². The van der Waals surface area contributed by atoms with Gasteiger partial charge in [0, 0.05) is 5.56 Å². The average molecular weight is 246 g/mol. The van der Waals surface area contributed by atoms with E-state index in [9.17, 15) is 9.59 Å². The Morgan fingerprint density at radius 3 is 2.89 bits per heavy atom. The quantitative estimate of drug-likeness (QED) is 0.603. The Kier molecular flexibility index (Phi) is 3.46. The van der Waals surface area contributed by atoms with Crippen molar-refractivity contribution in [3.8, 4) is 0 Å². The third-order valence-electron chi connectivity index (χ3n) is 2.61. The van der Waals surface area contributed by atoms with Crippen molar-refractivity contribution < 1.29 is 19.1 Å². The van der Waals surface area contributed by atoms with Crippen LogP contribution < -0.4 is 0 Å². The van der Waals surface area contributed by atoms with Crippen LogP contribution in [-0.4, -0.2) is 25.0 Å². The summed E-state index contributed by atoms with van der Waals surface area (Å²) in [6.45, 7) is 3.77. The van der Waals surface area contributed by atoms with E-state index in [1.54, 1.807) is 13.0 Å². The maximum atomic E-state index is 11.7. The zero-order chi connectivity index (χ0) is 13.1. The highest BCUT2D eigenvalue weighted by Crippen LogP contribution is 2.27. The number of aryl methyl sites for hydroxylation is 1. The first-order chi connectivity index (χ1) is 8.63. The Morgan fingerprint density at radius 2 is 2.22 bits per heavy atom. The Hall–Kier alpha value is -2.10. The molecule has 0 aliphatic carbocycles. The molecule has 1 aliphatic heterocycles. The van der Waals surface area contributed by atoms with E-state index in [2.05, 4.69) is 0 Å². The van der Waals surface area contributed by atoms with Gasteiger partial charge in [-0.15, -0.1) is 0 Å². The van der Waals surface area contributed by atoms with E-state index in [0.717, 1.165) is 11.1 Å². The van der Waals surface area contributed by atoms with Crippen molar-refractivity contribution in [3.05, 3.63) is 41.0 Å². The fourth-order valence-corrected chi connectivity index (χ4v) is 1.83. The minimum absolute atomic E-state index is 0.0162. The van der Waals surface area contributed by atoms with Crippen LogP contribution in [0.4, 0.5) is 0 Å². The molecule has 0 N–H and O–H groups in total. The van der Waals surface area contributed by atoms with Gasteiger partial charge in [-0.05, 0) is 19.9 Å². The van der Waals surface area contributed by atoms with Gasteiger partial charge in [-0.2, -0.15) is 0 Å². The van der Waals surface area contributed by atoms with E-state index in [4.69, 9.17) is 9.47 Å². The first-order valence-corrected chi connectivity index (χ1v) is 5.78. The Balaban J connectivity index is 2.45. The van der Waals surface area contributed by atoms with Gasteiger partial charge >= 0.3 is 5.97 Å². The molecule has 0 fully saturated rings. The molecule has 0 saturated carbocycles. The fourth-order valence-electron chi connectivity index (χ4n) is 1.83. The number of hydrogen-bond donors (Lipinski definition) is 0. The van der Waals surface area contributed by atoms with E-state index >= 15 is 0 Å². The van der Waals surface area contributed by atoms with Crippen LogP contribution in [-0.2, 0) is 19.1 Å². The molecule has 4 nitrogen and oxygen atoms in total. The molecule has 18 heavy (non-hydrogen) atoms. The molecule has 0 atom stereocenters. The Morgan fingerprint density at radius 1 is 1.44 bits per heavy atom. The molecule has 4 heteroatoms. The molecule has 1 aliphatic rings. The van der Waals surface area contributed by atoms with Crippen molar-refractivity contribution >= 4 is 17.5 Å². The number of carbonyl (C=O) groups excluding carboxylic acids is 2. The lowest BCUT2D eigenvalue weighted by atomic mass is 10.1. The van der Waals surface area contributed by atoms with Crippen molar-refractivity contribution in [2.24, 2.45) is 0 Å². The van der Waals surface area contributed by atoms with Gasteiger partial charge in [-0.25, -0.2) is 4.79 Å². The van der Waals surface area contributed by atoms with Crippen molar-refractivity contribution in [3.63, 3.8) is 0 Å². The molecule has 0 spiro atoms. The molecule has 1 aromatic carbocycles. The maximum absolute atomic E-state index is 11.7. The number of ether oxygens (including phenoxy) is 2. The summed E-state index contributed by atoms with van der Waals surface area (Å²) in [5.41, 5.74) is 1.78. The van der Waals surface area contributed by atoms with E-state index in [1.807, 2.05) is 25.1 Å². The summed E-state index contributed by atoms with van der Waals surface area (Å²) in [7, 11) is 0. The van der Waals surface area contributed by atoms with Crippen molar-refractivity contribution in [2.45, 2.75) is 13.8 Å². The summed E-state index contributed by atoms with van der Waals surface area (Å²) >= 11 is 0. The van der Waals surface area contributed by atoms with Crippen LogP contribution in [0.25, 0.3) is 5.76 Å². The van der Waals surface area contributed by atoms with Gasteiger partial charge in [0.15, 0.2) is 6.61 Å². The SMILES string of the molecule is CCOC(=O)C1=C(c2cccc(C)c2)OCC1=O. The second-order valence-electron chi connectivity index (χ2n) is 4.01. The number of carbonyl (C=O) groups is 2. The molecular weight excluding hydrogens is 232 g/mol. The summed E-state index contributed by atoms with van der Waals surface area (Å²) in [4.78, 5) is 23.4. The predicted molar refractivity (Wildman–Crippen MR) is 65.7 cm³/mol. The molecule has 1 aromatic rings. The van der Waals surface area contributed by atoms with Crippen LogP contribution >= 0.6 is 0 Å². The number of ketones is 1. The van der Waals surface area contributed by atoms with Gasteiger partial charge in [-0.3, -0.25) is 4.79 Å². The van der Waals surface area contributed by atoms with E-state index in [-0.39, 0.29) is 24.6 Å². The second kappa shape index (κ2) is 5.04. The Bertz CT molecular complexity index is 528. The third kappa shape index (κ3) is 2.27. The maximum Gasteiger partial charge on any atom is 0.345 e. The zero-order valence-electron chi connectivity index (χ0n) is 10.4. The highest BCUT2D eigenvalue weighted by atomic mass is 16.5. The van der Waals surface area contributed by atoms with Crippen molar-refractivity contribution in [1.82, 2.24) is 0 Å². The molecule has 0 unspecified atom stereocenters. The van der Waals surface area contributed by atoms with Crippen molar-refractivity contribution in [2.75, 3.05) is 13.2 Å². The number of Topliss-reactive ketones (excluding diaryl/α,β-unsaturated/α-hetero) is 1. The Labute approximate surface area is 105 Å². The minimum atomic E-state index is -0.614. The van der Waals surface area contributed by atoms with Crippen LogP contribution in [0.2, 0.25) is 0 Å². The smallest absolute Gasteiger partial charge is 0.345 e. The lowest BCUT2D eigenvalue weighted by Crippen LogP contribution is -2.14. The van der Waals surface area contributed by atoms with Crippen molar-refractivity contribution in [1.29, 1.82) is 0 Å². The van der Waals surface area contributed by atoms with Gasteiger partial charge < -0.3 is 9.47 Å². The van der Waals surface area contributed by atoms with Gasteiger partial charge in [-0.1, -0.05) is 23.8 Å². The fraction of sp³-hybridized carbons (Fsp3) is 0.286. The monoisotopic (exact) mass is 246 g/mol. The summed E-state index contributed by atoms with van der Waals surface area (Å²) in [6, 6.07) is 7.46. The molecule has 0 amide bonds. The molecule has 0 bridgehead atoms. The first-order valence-electron chi connectivity index (χ1n) is 5.78. The molecule has 0 aromatic heterocycles. The standard InChI is InChI=1S/C14H14O4/c1-3-17-14(16)12-11(15)8-18-13(12)10-6-4-5-9(2)7-10/h4-7H,3,8H2,1-2H3. The van der Waals surface area contributed by atoms with Gasteiger partial charge in [0.2, 0.25) is 5.78 Å². The lowest BCUT2D eigenvalue weighted by Gasteiger charge is -2.06. The third-order valence-corrected chi connectivity index (χ3v) is 2.61. The number of rotatable bonds is 3. The van der Waals surface area contributed by atoms with Gasteiger partial charge in [0.05, 0.1) is 6.61 Å². The summed E-state index contributed by atoms with van der Waals surface area (Å²) in [5.74, 6) is -0.622. The first kappa shape index (κ1) is 12.4. The average Bonchev–Trinajstić information content (AvgIpc) is 2.71. The predicted octanol–water partition coefficient (Wildman–Crippen LogP) is 1.87. The number of benzene rings is 1. The highest BCUT2D eigenvalue weighted by Gasteiger charge is 2.32. The molecule has 0 radical (unpaired) electrons. The molecule has 2 rings (SSSR count). The van der Waals surface area contributed by atoms with Crippen LogP contribution in [0.3, 0.4) is 0 Å². The van der Waals surface area contributed by atoms with E-state index in [1.165, 1.54) is 0 Å². The summed E-state index contributed by atoms with van der Waals surface area (Å²) in [6.07, 6.45) is 0. The van der Waals surface area contributed by atoms with E-state index < -0.39 is 5.97 Å². The van der Waals surface area contributed by atoms with Crippen LogP contribution in [0.15, 0.2) is 29.8 Å². The largest absolute Gasteiger partial charge is 0.484 e. The molecule has 94 valence electrons. The lowest BCUT2D eigenvalue weighted by molar-refractivity contribution is -0.139. The van der Waals surface area contributed by atoms with Crippen LogP contribution in [0.1, 0.15) is 18.1 Å². The normalized spacial score (nSPS) is 14.7. The zero-order valence-corrected chi connectivity index (χ0v) is 10.4. The molecule has 1 heterocycles. The van der Waals surface area contributed by atoms with E-state index in [0.29, 0.717) is 5.76 Å². The molecular formula is C14H14O4. The highest BCUT2D eigenvalue weighted by molar-refractivity contribution is 6.24. The summed E-state index contributed by atoms with van der Waals surface area (Å²) in [5, 5.41) is 0. The molecule has 0 saturated heterocycles. The van der Waals surface area contributed by atoms with Crippen LogP contribution in [0, 0.1) is 6.92 Å². The number of hydrogen-bond acceptors (Lipinski definition) is 4. The van der Waals surface area contributed by atoms with Crippen LogP contribution in [0.5, 0.6) is 0 Å². The summed E-state index contributed by atoms with van der Waals surface area (Å²) < 4.78 is 10.2. The van der Waals surface area contributed by atoms with Gasteiger partial charge in [0.25, 0.3) is 0 Å². The minimum Gasteiger partial charge on any atom is -0.484 e. The second-order valence-corrected chi connectivity index (χ2v) is 4.01. The topological polar surface area (TPSA) is 52.6 Å². The number of esters is 1.